The highest BCUT2D eigenvalue weighted by molar-refractivity contribution is 14.1. The summed E-state index contributed by atoms with van der Waals surface area (Å²) in [4.78, 5) is 6.84. The van der Waals surface area contributed by atoms with Gasteiger partial charge in [-0.1, -0.05) is 32.6 Å². The topological polar surface area (TPSA) is 47.9 Å². The predicted octanol–water partition coefficient (Wildman–Crippen LogP) is 4.74. The Morgan fingerprint density at radius 3 is 2.85 bits per heavy atom. The largest absolute Gasteiger partial charge is 0.388 e. The van der Waals surface area contributed by atoms with Crippen LogP contribution in [-0.2, 0) is 0 Å². The first-order valence-corrected chi connectivity index (χ1v) is 10.6. The van der Waals surface area contributed by atoms with E-state index in [4.69, 9.17) is 0 Å². The Morgan fingerprint density at radius 2 is 2.19 bits per heavy atom. The molecule has 0 aliphatic heterocycles. The monoisotopic (exact) mass is 479 g/mol. The molecule has 1 aliphatic rings. The molecular formula is C22H30IN3O. The van der Waals surface area contributed by atoms with Crippen LogP contribution in [0.25, 0.3) is 5.70 Å². The quantitative estimate of drug-likeness (QED) is 0.398. The van der Waals surface area contributed by atoms with Crippen molar-refractivity contribution in [2.24, 2.45) is 10.9 Å². The third-order valence-electron chi connectivity index (χ3n) is 4.61. The number of hydrogen-bond donors (Lipinski definition) is 2. The SMILES string of the molecule is C=C(NC1=CC(CN(CC)CCC)C(O)C=C1)c1ccc(I)cc1/N=C\C. The van der Waals surface area contributed by atoms with Crippen LogP contribution < -0.4 is 5.32 Å². The fourth-order valence-electron chi connectivity index (χ4n) is 3.21. The maximum atomic E-state index is 10.4. The summed E-state index contributed by atoms with van der Waals surface area (Å²) in [6.45, 7) is 13.4. The van der Waals surface area contributed by atoms with E-state index in [1.54, 1.807) is 6.21 Å². The molecule has 2 rings (SSSR count). The number of aliphatic imine (C=N–C) groups is 1. The lowest BCUT2D eigenvalue weighted by molar-refractivity contribution is 0.138. The second-order valence-corrected chi connectivity index (χ2v) is 7.93. The lowest BCUT2D eigenvalue weighted by atomic mass is 9.95. The highest BCUT2D eigenvalue weighted by atomic mass is 127. The van der Waals surface area contributed by atoms with Crippen molar-refractivity contribution in [1.82, 2.24) is 10.2 Å². The minimum absolute atomic E-state index is 0.0710. The van der Waals surface area contributed by atoms with Crippen molar-refractivity contribution < 1.29 is 5.11 Å². The molecule has 0 aromatic heterocycles. The molecule has 27 heavy (non-hydrogen) atoms. The van der Waals surface area contributed by atoms with Crippen molar-refractivity contribution >= 4 is 40.2 Å². The van der Waals surface area contributed by atoms with Crippen LogP contribution >= 0.6 is 22.6 Å². The molecule has 0 bridgehead atoms. The van der Waals surface area contributed by atoms with E-state index in [0.29, 0.717) is 0 Å². The number of benzene rings is 1. The molecule has 0 fully saturated rings. The Labute approximate surface area is 176 Å². The molecule has 0 saturated carbocycles. The van der Waals surface area contributed by atoms with Crippen LogP contribution in [0, 0.1) is 9.49 Å². The second-order valence-electron chi connectivity index (χ2n) is 6.68. The summed E-state index contributed by atoms with van der Waals surface area (Å²) in [7, 11) is 0. The van der Waals surface area contributed by atoms with Gasteiger partial charge in [0, 0.05) is 39.2 Å². The van der Waals surface area contributed by atoms with E-state index in [0.717, 1.165) is 52.3 Å². The number of aliphatic hydroxyl groups excluding tert-OH is 1. The summed E-state index contributed by atoms with van der Waals surface area (Å²) in [5.74, 6) is 0.0710. The summed E-state index contributed by atoms with van der Waals surface area (Å²) in [6, 6.07) is 6.14. The van der Waals surface area contributed by atoms with E-state index in [9.17, 15) is 5.11 Å². The summed E-state index contributed by atoms with van der Waals surface area (Å²) in [5.41, 5.74) is 3.65. The molecule has 1 aromatic rings. The number of halogens is 1. The van der Waals surface area contributed by atoms with Gasteiger partial charge in [-0.3, -0.25) is 4.99 Å². The Bertz CT molecular complexity index is 739. The van der Waals surface area contributed by atoms with Crippen LogP contribution in [0.5, 0.6) is 0 Å². The molecule has 0 amide bonds. The third-order valence-corrected chi connectivity index (χ3v) is 5.28. The highest BCUT2D eigenvalue weighted by Crippen LogP contribution is 2.28. The van der Waals surface area contributed by atoms with Gasteiger partial charge in [0.2, 0.25) is 0 Å². The summed E-state index contributed by atoms with van der Waals surface area (Å²) in [5, 5.41) is 13.8. The molecule has 2 N–H and O–H groups in total. The number of aliphatic hydroxyl groups is 1. The second kappa shape index (κ2) is 10.8. The first kappa shape index (κ1) is 21.9. The number of nitrogens with zero attached hydrogens (tertiary/aromatic N) is 2. The van der Waals surface area contributed by atoms with Crippen molar-refractivity contribution in [3.05, 3.63) is 57.8 Å². The zero-order valence-electron chi connectivity index (χ0n) is 16.5. The fourth-order valence-corrected chi connectivity index (χ4v) is 3.69. The van der Waals surface area contributed by atoms with E-state index in [1.807, 2.05) is 31.2 Å². The molecule has 4 nitrogen and oxygen atoms in total. The summed E-state index contributed by atoms with van der Waals surface area (Å²) >= 11 is 2.29. The first-order chi connectivity index (χ1) is 13.0. The van der Waals surface area contributed by atoms with Crippen molar-refractivity contribution in [1.29, 1.82) is 0 Å². The molecule has 2 unspecified atom stereocenters. The smallest absolute Gasteiger partial charge is 0.0800 e. The van der Waals surface area contributed by atoms with Crippen LogP contribution in [0.4, 0.5) is 5.69 Å². The number of rotatable bonds is 9. The Hall–Kier alpha value is -1.44. The average molecular weight is 479 g/mol. The molecular weight excluding hydrogens is 449 g/mol. The molecule has 0 radical (unpaired) electrons. The third kappa shape index (κ3) is 6.30. The van der Waals surface area contributed by atoms with Gasteiger partial charge in [-0.2, -0.15) is 0 Å². The van der Waals surface area contributed by atoms with Crippen molar-refractivity contribution in [2.45, 2.75) is 33.3 Å². The van der Waals surface area contributed by atoms with E-state index in [1.165, 1.54) is 0 Å². The molecule has 0 spiro atoms. The molecule has 2 atom stereocenters. The zero-order valence-corrected chi connectivity index (χ0v) is 18.6. The molecule has 5 heteroatoms. The van der Waals surface area contributed by atoms with E-state index < -0.39 is 6.10 Å². The van der Waals surface area contributed by atoms with Crippen LogP contribution in [0.2, 0.25) is 0 Å². The van der Waals surface area contributed by atoms with Crippen LogP contribution in [0.3, 0.4) is 0 Å². The van der Waals surface area contributed by atoms with Gasteiger partial charge in [0.15, 0.2) is 0 Å². The van der Waals surface area contributed by atoms with Crippen molar-refractivity contribution in [3.63, 3.8) is 0 Å². The minimum Gasteiger partial charge on any atom is -0.388 e. The van der Waals surface area contributed by atoms with Gasteiger partial charge in [-0.25, -0.2) is 0 Å². The number of hydrogen-bond acceptors (Lipinski definition) is 4. The molecule has 1 aliphatic carbocycles. The lowest BCUT2D eigenvalue weighted by Gasteiger charge is -2.29. The van der Waals surface area contributed by atoms with E-state index in [-0.39, 0.29) is 5.92 Å². The average Bonchev–Trinajstić information content (AvgIpc) is 2.64. The van der Waals surface area contributed by atoms with Gasteiger partial charge >= 0.3 is 0 Å². The van der Waals surface area contributed by atoms with Crippen molar-refractivity contribution in [2.75, 3.05) is 19.6 Å². The number of nitrogens with one attached hydrogen (secondary N) is 1. The predicted molar refractivity (Wildman–Crippen MR) is 124 cm³/mol. The van der Waals surface area contributed by atoms with Gasteiger partial charge in [0.25, 0.3) is 0 Å². The van der Waals surface area contributed by atoms with Gasteiger partial charge in [-0.15, -0.1) is 0 Å². The fraction of sp³-hybridized carbons (Fsp3) is 0.409. The summed E-state index contributed by atoms with van der Waals surface area (Å²) < 4.78 is 1.14. The van der Waals surface area contributed by atoms with Crippen LogP contribution in [-0.4, -0.2) is 42.0 Å². The van der Waals surface area contributed by atoms with Gasteiger partial charge in [-0.05, 0) is 73.3 Å². The van der Waals surface area contributed by atoms with Gasteiger partial charge in [0.1, 0.15) is 0 Å². The van der Waals surface area contributed by atoms with Crippen LogP contribution in [0.1, 0.15) is 32.8 Å². The molecule has 0 heterocycles. The zero-order chi connectivity index (χ0) is 19.8. The van der Waals surface area contributed by atoms with E-state index in [2.05, 4.69) is 70.4 Å². The Morgan fingerprint density at radius 1 is 1.41 bits per heavy atom. The molecule has 1 aromatic carbocycles. The Balaban J connectivity index is 2.15. The first-order valence-electron chi connectivity index (χ1n) is 9.53. The maximum Gasteiger partial charge on any atom is 0.0800 e. The minimum atomic E-state index is -0.451. The number of allylic oxidation sites excluding steroid dienone is 1. The maximum absolute atomic E-state index is 10.4. The van der Waals surface area contributed by atoms with Crippen molar-refractivity contribution in [3.8, 4) is 0 Å². The molecule has 146 valence electrons. The van der Waals surface area contributed by atoms with E-state index >= 15 is 0 Å². The standard InChI is InChI=1S/C22H30IN3O/c1-5-12-26(7-3)15-17-13-19(9-11-22(17)27)25-16(4)20-10-8-18(23)14-21(20)24-6-2/h6,8-11,13-14,17,22,25,27H,4-5,7,12,15H2,1-3H3/b24-6-. The van der Waals surface area contributed by atoms with Gasteiger partial charge in [0.05, 0.1) is 11.8 Å². The summed E-state index contributed by atoms with van der Waals surface area (Å²) in [6.07, 6.45) is 8.36. The molecule has 0 saturated heterocycles. The van der Waals surface area contributed by atoms with Crippen LogP contribution in [0.15, 0.2) is 53.7 Å². The lowest BCUT2D eigenvalue weighted by Crippen LogP contribution is -2.35. The highest BCUT2D eigenvalue weighted by Gasteiger charge is 2.21. The Kier molecular flexibility index (Phi) is 8.73. The normalized spacial score (nSPS) is 19.6. The van der Waals surface area contributed by atoms with Gasteiger partial charge < -0.3 is 15.3 Å².